The molecule has 0 saturated heterocycles. The van der Waals surface area contributed by atoms with Crippen LogP contribution in [0.5, 0.6) is 0 Å². The number of benzene rings is 1. The van der Waals surface area contributed by atoms with Gasteiger partial charge in [-0.05, 0) is 29.3 Å². The van der Waals surface area contributed by atoms with Crippen molar-refractivity contribution in [3.8, 4) is 0 Å². The highest BCUT2D eigenvalue weighted by Gasteiger charge is 1.94. The second-order valence-corrected chi connectivity index (χ2v) is 2.46. The van der Waals surface area contributed by atoms with E-state index in [2.05, 4.69) is 13.2 Å². The van der Waals surface area contributed by atoms with Crippen LogP contribution in [-0.4, -0.2) is 6.29 Å². The molecule has 0 bridgehead atoms. The van der Waals surface area contributed by atoms with Crippen molar-refractivity contribution in [1.29, 1.82) is 0 Å². The topological polar surface area (TPSA) is 17.1 Å². The first-order valence-corrected chi connectivity index (χ1v) is 3.65. The van der Waals surface area contributed by atoms with Crippen LogP contribution in [0.15, 0.2) is 31.4 Å². The lowest BCUT2D eigenvalue weighted by molar-refractivity contribution is 0.112. The van der Waals surface area contributed by atoms with Crippen LogP contribution in [0, 0.1) is 0 Å². The van der Waals surface area contributed by atoms with E-state index in [-0.39, 0.29) is 0 Å². The van der Waals surface area contributed by atoms with Crippen LogP contribution in [0.3, 0.4) is 0 Å². The Hall–Kier alpha value is -1.63. The molecule has 0 aliphatic heterocycles. The Kier molecular flexibility index (Phi) is 2.59. The monoisotopic (exact) mass is 158 g/mol. The highest BCUT2D eigenvalue weighted by Crippen LogP contribution is 2.10. The quantitative estimate of drug-likeness (QED) is 0.618. The summed E-state index contributed by atoms with van der Waals surface area (Å²) in [6.45, 7) is 7.26. The normalized spacial score (nSPS) is 9.00. The number of rotatable bonds is 3. The fourth-order valence-electron chi connectivity index (χ4n) is 1.01. The molecule has 12 heavy (non-hydrogen) atoms. The van der Waals surface area contributed by atoms with E-state index in [4.69, 9.17) is 0 Å². The average molecular weight is 158 g/mol. The molecule has 1 rings (SSSR count). The van der Waals surface area contributed by atoms with E-state index >= 15 is 0 Å². The fraction of sp³-hybridized carbons (Fsp3) is 0. The van der Waals surface area contributed by atoms with Gasteiger partial charge in [-0.2, -0.15) is 0 Å². The first-order chi connectivity index (χ1) is 5.80. The van der Waals surface area contributed by atoms with E-state index in [0.29, 0.717) is 5.56 Å². The predicted octanol–water partition coefficient (Wildman–Crippen LogP) is 2.79. The molecule has 0 saturated carbocycles. The second kappa shape index (κ2) is 3.67. The van der Waals surface area contributed by atoms with Crippen molar-refractivity contribution in [2.45, 2.75) is 0 Å². The molecule has 0 unspecified atom stereocenters. The van der Waals surface area contributed by atoms with Gasteiger partial charge in [-0.3, -0.25) is 4.79 Å². The summed E-state index contributed by atoms with van der Waals surface area (Å²) < 4.78 is 0. The van der Waals surface area contributed by atoms with Crippen LogP contribution in [0.4, 0.5) is 0 Å². The summed E-state index contributed by atoms with van der Waals surface area (Å²) in [5, 5.41) is 0. The minimum atomic E-state index is 0.655. The Morgan fingerprint density at radius 1 is 0.917 bits per heavy atom. The summed E-state index contributed by atoms with van der Waals surface area (Å²) in [7, 11) is 0. The zero-order valence-electron chi connectivity index (χ0n) is 6.79. The van der Waals surface area contributed by atoms with Gasteiger partial charge in [0.2, 0.25) is 0 Å². The minimum absolute atomic E-state index is 0.655. The van der Waals surface area contributed by atoms with E-state index in [1.165, 1.54) is 0 Å². The van der Waals surface area contributed by atoms with Gasteiger partial charge in [-0.25, -0.2) is 0 Å². The molecule has 0 heterocycles. The molecule has 1 aromatic carbocycles. The van der Waals surface area contributed by atoms with Gasteiger partial charge in [-0.1, -0.05) is 25.3 Å². The van der Waals surface area contributed by atoms with Gasteiger partial charge >= 0.3 is 0 Å². The second-order valence-electron chi connectivity index (χ2n) is 2.46. The van der Waals surface area contributed by atoms with E-state index in [1.54, 1.807) is 24.3 Å². The molecule has 0 radical (unpaired) electrons. The summed E-state index contributed by atoms with van der Waals surface area (Å²) in [4.78, 5) is 10.5. The maximum absolute atomic E-state index is 10.5. The molecule has 60 valence electrons. The Bertz CT molecular complexity index is 259. The van der Waals surface area contributed by atoms with Gasteiger partial charge in [-0.15, -0.1) is 0 Å². The fourth-order valence-corrected chi connectivity index (χ4v) is 1.01. The van der Waals surface area contributed by atoms with Crippen molar-refractivity contribution in [2.75, 3.05) is 0 Å². The average Bonchev–Trinajstić information content (AvgIpc) is 2.16. The molecule has 0 aliphatic rings. The molecule has 0 N–H and O–H groups in total. The van der Waals surface area contributed by atoms with Crippen LogP contribution >= 0.6 is 0 Å². The molecule has 1 nitrogen and oxygen atoms in total. The zero-order valence-corrected chi connectivity index (χ0v) is 6.79. The Morgan fingerprint density at radius 2 is 1.33 bits per heavy atom. The van der Waals surface area contributed by atoms with Crippen molar-refractivity contribution in [2.24, 2.45) is 0 Å². The van der Waals surface area contributed by atoms with E-state index in [1.807, 2.05) is 6.07 Å². The Balaban J connectivity index is 3.26. The SMILES string of the molecule is C=Cc1cc(C=C)cc(C=O)c1. The standard InChI is InChI=1S/C11H10O/c1-3-9-5-10(4-2)7-11(6-9)8-12/h3-8H,1-2H2. The smallest absolute Gasteiger partial charge is 0.150 e. The number of carbonyl (C=O) groups excluding carboxylic acids is 1. The number of carbonyl (C=O) groups is 1. The summed E-state index contributed by atoms with van der Waals surface area (Å²) in [6, 6.07) is 5.49. The summed E-state index contributed by atoms with van der Waals surface area (Å²) in [5.41, 5.74) is 2.53. The number of hydrogen-bond acceptors (Lipinski definition) is 1. The summed E-state index contributed by atoms with van der Waals surface area (Å²) >= 11 is 0. The maximum Gasteiger partial charge on any atom is 0.150 e. The van der Waals surface area contributed by atoms with Crippen molar-refractivity contribution in [3.63, 3.8) is 0 Å². The number of aldehydes is 1. The van der Waals surface area contributed by atoms with Crippen LogP contribution in [0.2, 0.25) is 0 Å². The molecular weight excluding hydrogens is 148 g/mol. The van der Waals surface area contributed by atoms with E-state index < -0.39 is 0 Å². The molecule has 0 aliphatic carbocycles. The highest BCUT2D eigenvalue weighted by atomic mass is 16.1. The zero-order chi connectivity index (χ0) is 8.97. The summed E-state index contributed by atoms with van der Waals surface area (Å²) in [5.74, 6) is 0. The molecule has 0 fully saturated rings. The summed E-state index contributed by atoms with van der Waals surface area (Å²) in [6.07, 6.45) is 4.24. The predicted molar refractivity (Wildman–Crippen MR) is 52.0 cm³/mol. The van der Waals surface area contributed by atoms with Crippen molar-refractivity contribution >= 4 is 18.4 Å². The van der Waals surface area contributed by atoms with Crippen molar-refractivity contribution < 1.29 is 4.79 Å². The molecule has 1 aromatic rings. The first kappa shape index (κ1) is 8.47. The lowest BCUT2D eigenvalue weighted by Gasteiger charge is -1.98. The van der Waals surface area contributed by atoms with E-state index in [9.17, 15) is 4.79 Å². The van der Waals surface area contributed by atoms with Crippen LogP contribution in [-0.2, 0) is 0 Å². The van der Waals surface area contributed by atoms with Gasteiger partial charge in [0.15, 0.2) is 0 Å². The molecule has 1 heteroatoms. The van der Waals surface area contributed by atoms with Gasteiger partial charge in [0.1, 0.15) is 6.29 Å². The van der Waals surface area contributed by atoms with E-state index in [0.717, 1.165) is 17.4 Å². The van der Waals surface area contributed by atoms with Crippen molar-refractivity contribution in [1.82, 2.24) is 0 Å². The first-order valence-electron chi connectivity index (χ1n) is 3.65. The highest BCUT2D eigenvalue weighted by molar-refractivity contribution is 5.78. The Morgan fingerprint density at radius 3 is 1.67 bits per heavy atom. The third kappa shape index (κ3) is 1.70. The van der Waals surface area contributed by atoms with Gasteiger partial charge < -0.3 is 0 Å². The minimum Gasteiger partial charge on any atom is -0.298 e. The lowest BCUT2D eigenvalue weighted by Crippen LogP contribution is -1.83. The lowest BCUT2D eigenvalue weighted by atomic mass is 10.1. The molecular formula is C11H10O. The maximum atomic E-state index is 10.5. The third-order valence-corrected chi connectivity index (χ3v) is 1.61. The van der Waals surface area contributed by atoms with Gasteiger partial charge in [0.05, 0.1) is 0 Å². The molecule has 0 atom stereocenters. The van der Waals surface area contributed by atoms with Gasteiger partial charge in [0, 0.05) is 5.56 Å². The van der Waals surface area contributed by atoms with Crippen molar-refractivity contribution in [3.05, 3.63) is 48.0 Å². The molecule has 0 amide bonds. The van der Waals surface area contributed by atoms with Crippen LogP contribution < -0.4 is 0 Å². The van der Waals surface area contributed by atoms with Crippen LogP contribution in [0.25, 0.3) is 12.2 Å². The number of hydrogen-bond donors (Lipinski definition) is 0. The molecule has 0 spiro atoms. The largest absolute Gasteiger partial charge is 0.298 e. The van der Waals surface area contributed by atoms with Gasteiger partial charge in [0.25, 0.3) is 0 Å². The van der Waals surface area contributed by atoms with Crippen LogP contribution in [0.1, 0.15) is 21.5 Å². The molecule has 0 aromatic heterocycles. The third-order valence-electron chi connectivity index (χ3n) is 1.61. The Labute approximate surface area is 72.0 Å².